The number of hydrogen-bond acceptors (Lipinski definition) is 5. The van der Waals surface area contributed by atoms with Gasteiger partial charge in [-0.2, -0.15) is 5.10 Å². The highest BCUT2D eigenvalue weighted by atomic mass is 79.9. The van der Waals surface area contributed by atoms with E-state index in [4.69, 9.17) is 15.2 Å². The van der Waals surface area contributed by atoms with Gasteiger partial charge >= 0.3 is 0 Å². The van der Waals surface area contributed by atoms with Crippen LogP contribution in [0.1, 0.15) is 5.56 Å². The van der Waals surface area contributed by atoms with Crippen LogP contribution in [0.5, 0.6) is 5.75 Å². The minimum atomic E-state index is 0.445. The van der Waals surface area contributed by atoms with E-state index in [1.807, 2.05) is 60.8 Å². The standard InChI is InChI=1S/C16H18N4O2.C6H6BrP/c1-21-5-6-22-14-8-12(10-17)7-13(9-14)15-11-20-16(19-15)3-2-4-18-20;7-5-2-1-3-6(8)4-5/h2-4,7-9,11H,5-6,10,17H2,1H3;1-4H,8H2. The van der Waals surface area contributed by atoms with E-state index in [0.29, 0.717) is 19.8 Å². The van der Waals surface area contributed by atoms with Gasteiger partial charge in [0.15, 0.2) is 5.65 Å². The second kappa shape index (κ2) is 11.2. The molecule has 1 unspecified atom stereocenters. The van der Waals surface area contributed by atoms with E-state index in [0.717, 1.165) is 32.7 Å². The van der Waals surface area contributed by atoms with Crippen LogP contribution in [0.25, 0.3) is 16.9 Å². The van der Waals surface area contributed by atoms with E-state index in [2.05, 4.69) is 35.3 Å². The molecule has 4 rings (SSSR count). The fraction of sp³-hybridized carbons (Fsp3) is 0.182. The molecule has 0 saturated carbocycles. The largest absolute Gasteiger partial charge is 0.491 e. The molecule has 0 amide bonds. The lowest BCUT2D eigenvalue weighted by atomic mass is 10.1. The lowest BCUT2D eigenvalue weighted by molar-refractivity contribution is 0.146. The first kappa shape index (κ1) is 22.4. The van der Waals surface area contributed by atoms with E-state index in [1.165, 1.54) is 5.30 Å². The van der Waals surface area contributed by atoms with E-state index in [1.54, 1.807) is 17.8 Å². The lowest BCUT2D eigenvalue weighted by Crippen LogP contribution is -2.05. The molecule has 2 aromatic heterocycles. The number of aromatic nitrogens is 3. The molecular formula is C22H24BrN4O2P. The molecule has 2 heterocycles. The summed E-state index contributed by atoms with van der Waals surface area (Å²) >= 11 is 3.35. The average molecular weight is 487 g/mol. The Bertz CT molecular complexity index is 1050. The monoisotopic (exact) mass is 486 g/mol. The minimum Gasteiger partial charge on any atom is -0.491 e. The number of rotatable bonds is 6. The number of fused-ring (bicyclic) bond motifs is 1. The third kappa shape index (κ3) is 6.34. The molecule has 0 aliphatic rings. The topological polar surface area (TPSA) is 74.7 Å². The first-order valence-electron chi connectivity index (χ1n) is 9.36. The molecule has 2 N–H and O–H groups in total. The van der Waals surface area contributed by atoms with Crippen LogP contribution >= 0.6 is 25.2 Å². The van der Waals surface area contributed by atoms with Crippen molar-refractivity contribution in [3.05, 3.63) is 77.0 Å². The second-order valence-corrected chi connectivity index (χ2v) is 8.00. The predicted octanol–water partition coefficient (Wildman–Crippen LogP) is 3.83. The molecule has 156 valence electrons. The molecule has 0 fully saturated rings. The number of ether oxygens (including phenoxy) is 2. The van der Waals surface area contributed by atoms with Gasteiger partial charge in [-0.3, -0.25) is 0 Å². The van der Waals surface area contributed by atoms with Crippen molar-refractivity contribution >= 4 is 36.1 Å². The summed E-state index contributed by atoms with van der Waals surface area (Å²) in [6.07, 6.45) is 3.62. The van der Waals surface area contributed by atoms with Gasteiger partial charge in [0, 0.05) is 29.9 Å². The highest BCUT2D eigenvalue weighted by Crippen LogP contribution is 2.25. The summed E-state index contributed by atoms with van der Waals surface area (Å²) in [4.78, 5) is 4.58. The fourth-order valence-electron chi connectivity index (χ4n) is 2.73. The van der Waals surface area contributed by atoms with E-state index >= 15 is 0 Å². The van der Waals surface area contributed by atoms with E-state index < -0.39 is 0 Å². The van der Waals surface area contributed by atoms with Crippen molar-refractivity contribution in [3.8, 4) is 17.0 Å². The fourth-order valence-corrected chi connectivity index (χ4v) is 3.68. The summed E-state index contributed by atoms with van der Waals surface area (Å²) in [7, 11) is 4.28. The Labute approximate surface area is 186 Å². The van der Waals surface area contributed by atoms with Crippen molar-refractivity contribution in [1.82, 2.24) is 14.6 Å². The number of hydrogen-bond donors (Lipinski definition) is 1. The molecule has 0 aliphatic carbocycles. The van der Waals surface area contributed by atoms with E-state index in [9.17, 15) is 0 Å². The Morgan fingerprint density at radius 3 is 2.63 bits per heavy atom. The van der Waals surface area contributed by atoms with Crippen molar-refractivity contribution in [2.24, 2.45) is 5.73 Å². The Kier molecular flexibility index (Phi) is 8.34. The second-order valence-electron chi connectivity index (χ2n) is 6.42. The Morgan fingerprint density at radius 1 is 1.10 bits per heavy atom. The van der Waals surface area contributed by atoms with E-state index in [-0.39, 0.29) is 0 Å². The van der Waals surface area contributed by atoms with Gasteiger partial charge in [-0.05, 0) is 53.3 Å². The molecule has 4 aromatic rings. The van der Waals surface area contributed by atoms with Gasteiger partial charge in [0.1, 0.15) is 12.4 Å². The van der Waals surface area contributed by atoms with Gasteiger partial charge in [0.2, 0.25) is 0 Å². The van der Waals surface area contributed by atoms with Gasteiger partial charge < -0.3 is 15.2 Å². The highest BCUT2D eigenvalue weighted by molar-refractivity contribution is 9.10. The maximum absolute atomic E-state index is 5.78. The van der Waals surface area contributed by atoms with Gasteiger partial charge in [0.05, 0.1) is 18.5 Å². The Hall–Kier alpha value is -2.31. The number of nitrogens with zero attached hydrogens (tertiary/aromatic N) is 3. The average Bonchev–Trinajstić information content (AvgIpc) is 3.18. The van der Waals surface area contributed by atoms with Crippen LogP contribution in [0.4, 0.5) is 0 Å². The summed E-state index contributed by atoms with van der Waals surface area (Å²) in [5.41, 5.74) is 9.37. The molecule has 0 aliphatic heterocycles. The van der Waals surface area contributed by atoms with Crippen LogP contribution in [0, 0.1) is 0 Å². The molecule has 2 aromatic carbocycles. The lowest BCUT2D eigenvalue weighted by Gasteiger charge is -2.09. The zero-order chi connectivity index (χ0) is 21.3. The number of methoxy groups -OCH3 is 1. The van der Waals surface area contributed by atoms with Gasteiger partial charge in [-0.25, -0.2) is 9.50 Å². The molecule has 0 spiro atoms. The molecule has 0 radical (unpaired) electrons. The van der Waals surface area contributed by atoms with Gasteiger partial charge in [0.25, 0.3) is 0 Å². The first-order chi connectivity index (χ1) is 14.6. The molecular weight excluding hydrogens is 463 g/mol. The van der Waals surface area contributed by atoms with Crippen LogP contribution in [0.2, 0.25) is 0 Å². The SMILES string of the molecule is COCCOc1cc(CN)cc(-c2cn3ncccc3n2)c1.Pc1cccc(Br)c1. The number of benzene rings is 2. The first-order valence-corrected chi connectivity index (χ1v) is 10.7. The summed E-state index contributed by atoms with van der Waals surface area (Å²) in [6.45, 7) is 1.48. The third-order valence-electron chi connectivity index (χ3n) is 4.14. The molecule has 1 atom stereocenters. The smallest absolute Gasteiger partial charge is 0.154 e. The molecule has 0 saturated heterocycles. The number of imidazole rings is 1. The molecule has 0 bridgehead atoms. The zero-order valence-electron chi connectivity index (χ0n) is 16.7. The summed E-state index contributed by atoms with van der Waals surface area (Å²) < 4.78 is 13.6. The number of halogens is 1. The van der Waals surface area contributed by atoms with Crippen molar-refractivity contribution < 1.29 is 9.47 Å². The molecule has 8 heteroatoms. The zero-order valence-corrected chi connectivity index (χ0v) is 19.4. The van der Waals surface area contributed by atoms with Crippen molar-refractivity contribution in [2.75, 3.05) is 20.3 Å². The van der Waals surface area contributed by atoms with Crippen LogP contribution in [-0.2, 0) is 11.3 Å². The maximum Gasteiger partial charge on any atom is 0.154 e. The summed E-state index contributed by atoms with van der Waals surface area (Å²) in [5, 5.41) is 5.44. The normalized spacial score (nSPS) is 10.5. The van der Waals surface area contributed by atoms with Crippen molar-refractivity contribution in [1.29, 1.82) is 0 Å². The van der Waals surface area contributed by atoms with Crippen molar-refractivity contribution in [2.45, 2.75) is 6.54 Å². The highest BCUT2D eigenvalue weighted by Gasteiger charge is 2.08. The summed E-state index contributed by atoms with van der Waals surface area (Å²) in [6, 6.07) is 17.8. The van der Waals surface area contributed by atoms with Gasteiger partial charge in [-0.1, -0.05) is 28.1 Å². The summed E-state index contributed by atoms with van der Waals surface area (Å²) in [5.74, 6) is 0.764. The Morgan fingerprint density at radius 2 is 1.97 bits per heavy atom. The van der Waals surface area contributed by atoms with Crippen LogP contribution in [-0.4, -0.2) is 34.9 Å². The quantitative estimate of drug-likeness (QED) is 0.331. The minimum absolute atomic E-state index is 0.445. The van der Waals surface area contributed by atoms with Crippen LogP contribution in [0.3, 0.4) is 0 Å². The van der Waals surface area contributed by atoms with Gasteiger partial charge in [-0.15, -0.1) is 9.24 Å². The maximum atomic E-state index is 5.78. The Balaban J connectivity index is 0.000000269. The third-order valence-corrected chi connectivity index (χ3v) is 4.99. The predicted molar refractivity (Wildman–Crippen MR) is 127 cm³/mol. The van der Waals surface area contributed by atoms with Crippen LogP contribution in [0.15, 0.2) is 71.5 Å². The van der Waals surface area contributed by atoms with Crippen molar-refractivity contribution in [3.63, 3.8) is 0 Å². The molecule has 6 nitrogen and oxygen atoms in total. The van der Waals surface area contributed by atoms with Crippen LogP contribution < -0.4 is 15.8 Å². The molecule has 30 heavy (non-hydrogen) atoms. The number of nitrogens with two attached hydrogens (primary N) is 1.